The van der Waals surface area contributed by atoms with Crippen molar-refractivity contribution in [1.29, 1.82) is 0 Å². The third-order valence-electron chi connectivity index (χ3n) is 5.03. The van der Waals surface area contributed by atoms with Gasteiger partial charge in [-0.3, -0.25) is 4.79 Å². The molecule has 0 aliphatic carbocycles. The molecule has 1 aliphatic heterocycles. The number of nitrogens with zero attached hydrogens (tertiary/aromatic N) is 3. The number of carbonyl (C=O) groups is 1. The number of benzene rings is 2. The van der Waals surface area contributed by atoms with Crippen LogP contribution in [0.25, 0.3) is 11.4 Å². The van der Waals surface area contributed by atoms with Gasteiger partial charge in [0.05, 0.1) is 12.7 Å². The van der Waals surface area contributed by atoms with Gasteiger partial charge in [-0.25, -0.2) is 4.39 Å². The van der Waals surface area contributed by atoms with E-state index in [1.54, 1.807) is 24.1 Å². The van der Waals surface area contributed by atoms with Crippen molar-refractivity contribution in [1.82, 2.24) is 15.0 Å². The lowest BCUT2D eigenvalue weighted by Crippen LogP contribution is -2.38. The molecule has 2 aromatic carbocycles. The van der Waals surface area contributed by atoms with Crippen LogP contribution in [0, 0.1) is 5.82 Å². The Bertz CT molecular complexity index is 963. The van der Waals surface area contributed by atoms with Crippen molar-refractivity contribution in [2.75, 3.05) is 20.2 Å². The first kappa shape index (κ1) is 18.2. The highest BCUT2D eigenvalue weighted by Gasteiger charge is 2.29. The molecule has 0 radical (unpaired) electrons. The molecule has 0 unspecified atom stereocenters. The largest absolute Gasteiger partial charge is 0.497 e. The molecule has 0 spiro atoms. The van der Waals surface area contributed by atoms with Crippen LogP contribution in [-0.4, -0.2) is 41.1 Å². The Morgan fingerprint density at radius 3 is 2.54 bits per heavy atom. The van der Waals surface area contributed by atoms with Crippen LogP contribution in [0.3, 0.4) is 0 Å². The molecule has 0 N–H and O–H groups in total. The van der Waals surface area contributed by atoms with Crippen molar-refractivity contribution >= 4 is 5.91 Å². The van der Waals surface area contributed by atoms with Crippen molar-refractivity contribution in [2.24, 2.45) is 0 Å². The number of halogens is 1. The summed E-state index contributed by atoms with van der Waals surface area (Å²) in [6, 6.07) is 13.5. The summed E-state index contributed by atoms with van der Waals surface area (Å²) in [5.41, 5.74) is 0.962. The van der Waals surface area contributed by atoms with Gasteiger partial charge in [0.1, 0.15) is 11.6 Å². The monoisotopic (exact) mass is 381 g/mol. The average Bonchev–Trinajstić information content (AvgIpc) is 3.24. The molecule has 3 aromatic rings. The van der Waals surface area contributed by atoms with Crippen LogP contribution >= 0.6 is 0 Å². The second kappa shape index (κ2) is 7.80. The molecular weight excluding hydrogens is 361 g/mol. The average molecular weight is 381 g/mol. The van der Waals surface area contributed by atoms with E-state index < -0.39 is 5.82 Å². The lowest BCUT2D eigenvalue weighted by atomic mass is 9.96. The molecule has 144 valence electrons. The van der Waals surface area contributed by atoms with E-state index >= 15 is 0 Å². The Labute approximate surface area is 161 Å². The fourth-order valence-electron chi connectivity index (χ4n) is 3.39. The molecule has 1 aromatic heterocycles. The molecule has 0 atom stereocenters. The molecule has 7 heteroatoms. The van der Waals surface area contributed by atoms with E-state index in [1.165, 1.54) is 12.1 Å². The minimum Gasteiger partial charge on any atom is -0.497 e. The van der Waals surface area contributed by atoms with Gasteiger partial charge in [-0.2, -0.15) is 4.98 Å². The summed E-state index contributed by atoms with van der Waals surface area (Å²) in [6.07, 6.45) is 1.40. The lowest BCUT2D eigenvalue weighted by Gasteiger charge is -2.30. The maximum atomic E-state index is 13.9. The summed E-state index contributed by atoms with van der Waals surface area (Å²) in [7, 11) is 1.62. The van der Waals surface area contributed by atoms with Crippen LogP contribution in [0.4, 0.5) is 4.39 Å². The summed E-state index contributed by atoms with van der Waals surface area (Å²) in [5, 5.41) is 4.07. The third kappa shape index (κ3) is 3.60. The number of rotatable bonds is 4. The van der Waals surface area contributed by atoms with Crippen molar-refractivity contribution in [2.45, 2.75) is 18.8 Å². The summed E-state index contributed by atoms with van der Waals surface area (Å²) in [4.78, 5) is 18.7. The quantitative estimate of drug-likeness (QED) is 0.686. The number of ether oxygens (including phenoxy) is 1. The SMILES string of the molecule is COc1ccc(-c2noc(C3CCN(C(=O)c4ccccc4F)CC3)n2)cc1. The van der Waals surface area contributed by atoms with Gasteiger partial charge in [0.2, 0.25) is 11.7 Å². The number of hydrogen-bond acceptors (Lipinski definition) is 5. The summed E-state index contributed by atoms with van der Waals surface area (Å²) in [5.74, 6) is 1.19. The Kier molecular flexibility index (Phi) is 5.06. The van der Waals surface area contributed by atoms with E-state index in [9.17, 15) is 9.18 Å². The van der Waals surface area contributed by atoms with E-state index in [-0.39, 0.29) is 17.4 Å². The van der Waals surface area contributed by atoms with Crippen LogP contribution < -0.4 is 4.74 Å². The molecular formula is C21H20FN3O3. The molecule has 28 heavy (non-hydrogen) atoms. The number of methoxy groups -OCH3 is 1. The zero-order valence-corrected chi connectivity index (χ0v) is 15.5. The Hall–Kier alpha value is -3.22. The van der Waals surface area contributed by atoms with E-state index in [1.807, 2.05) is 24.3 Å². The van der Waals surface area contributed by atoms with Crippen LogP contribution in [0.1, 0.15) is 35.0 Å². The van der Waals surface area contributed by atoms with Gasteiger partial charge in [-0.1, -0.05) is 17.3 Å². The van der Waals surface area contributed by atoms with Crippen molar-refractivity contribution in [3.8, 4) is 17.1 Å². The summed E-state index contributed by atoms with van der Waals surface area (Å²) in [6.45, 7) is 1.05. The number of hydrogen-bond donors (Lipinski definition) is 0. The predicted octanol–water partition coefficient (Wildman–Crippen LogP) is 3.90. The van der Waals surface area contributed by atoms with Crippen molar-refractivity contribution in [3.63, 3.8) is 0 Å². The normalized spacial score (nSPS) is 14.9. The predicted molar refractivity (Wildman–Crippen MR) is 101 cm³/mol. The maximum absolute atomic E-state index is 13.9. The third-order valence-corrected chi connectivity index (χ3v) is 5.03. The standard InChI is InChI=1S/C21H20FN3O3/c1-27-16-8-6-14(7-9-16)19-23-20(28-24-19)15-10-12-25(13-11-15)21(26)17-4-2-3-5-18(17)22/h2-9,15H,10-13H2,1H3. The highest BCUT2D eigenvalue weighted by atomic mass is 19.1. The second-order valence-electron chi connectivity index (χ2n) is 6.73. The minimum absolute atomic E-state index is 0.0872. The highest BCUT2D eigenvalue weighted by Crippen LogP contribution is 2.29. The minimum atomic E-state index is -0.490. The Balaban J connectivity index is 1.41. The molecule has 1 saturated heterocycles. The first-order chi connectivity index (χ1) is 13.7. The number of aromatic nitrogens is 2. The zero-order valence-electron chi connectivity index (χ0n) is 15.5. The van der Waals surface area contributed by atoms with Gasteiger partial charge in [0.25, 0.3) is 5.91 Å². The molecule has 0 bridgehead atoms. The first-order valence-corrected chi connectivity index (χ1v) is 9.17. The molecule has 1 aliphatic rings. The number of carbonyl (C=O) groups excluding carboxylic acids is 1. The first-order valence-electron chi connectivity index (χ1n) is 9.17. The molecule has 0 saturated carbocycles. The molecule has 6 nitrogen and oxygen atoms in total. The van der Waals surface area contributed by atoms with Gasteiger partial charge in [-0.05, 0) is 49.2 Å². The molecule has 1 fully saturated rings. The van der Waals surface area contributed by atoms with E-state index in [0.29, 0.717) is 37.6 Å². The van der Waals surface area contributed by atoms with Crippen LogP contribution in [0.15, 0.2) is 53.1 Å². The zero-order chi connectivity index (χ0) is 19.5. The number of likely N-dealkylation sites (tertiary alicyclic amines) is 1. The Morgan fingerprint density at radius 2 is 1.86 bits per heavy atom. The van der Waals surface area contributed by atoms with E-state index in [2.05, 4.69) is 10.1 Å². The number of piperidine rings is 1. The van der Waals surface area contributed by atoms with Gasteiger partial charge < -0.3 is 14.2 Å². The van der Waals surface area contributed by atoms with Crippen molar-refractivity contribution < 1.29 is 18.4 Å². The highest BCUT2D eigenvalue weighted by molar-refractivity contribution is 5.94. The van der Waals surface area contributed by atoms with Crippen LogP contribution in [0.5, 0.6) is 5.75 Å². The summed E-state index contributed by atoms with van der Waals surface area (Å²) < 4.78 is 24.5. The van der Waals surface area contributed by atoms with Gasteiger partial charge in [-0.15, -0.1) is 0 Å². The molecule has 4 rings (SSSR count). The Morgan fingerprint density at radius 1 is 1.14 bits per heavy atom. The van der Waals surface area contributed by atoms with Gasteiger partial charge >= 0.3 is 0 Å². The smallest absolute Gasteiger partial charge is 0.256 e. The second-order valence-corrected chi connectivity index (χ2v) is 6.73. The topological polar surface area (TPSA) is 68.5 Å². The fourth-order valence-corrected chi connectivity index (χ4v) is 3.39. The van der Waals surface area contributed by atoms with E-state index in [0.717, 1.165) is 11.3 Å². The van der Waals surface area contributed by atoms with Crippen LogP contribution in [-0.2, 0) is 0 Å². The van der Waals surface area contributed by atoms with Crippen LogP contribution in [0.2, 0.25) is 0 Å². The maximum Gasteiger partial charge on any atom is 0.256 e. The summed E-state index contributed by atoms with van der Waals surface area (Å²) >= 11 is 0. The molecule has 1 amide bonds. The fraction of sp³-hybridized carbons (Fsp3) is 0.286. The van der Waals surface area contributed by atoms with Gasteiger partial charge in [0.15, 0.2) is 0 Å². The van der Waals surface area contributed by atoms with Crippen molar-refractivity contribution in [3.05, 3.63) is 65.8 Å². The number of amides is 1. The molecule has 2 heterocycles. The lowest BCUT2D eigenvalue weighted by molar-refractivity contribution is 0.0700. The van der Waals surface area contributed by atoms with Gasteiger partial charge in [0, 0.05) is 24.6 Å². The van der Waals surface area contributed by atoms with E-state index in [4.69, 9.17) is 9.26 Å².